The minimum atomic E-state index is 0.518. The number of aldehydes is 1. The summed E-state index contributed by atoms with van der Waals surface area (Å²) in [7, 11) is 1.89. The fraction of sp³-hybridized carbons (Fsp3) is 0.130. The van der Waals surface area contributed by atoms with Crippen LogP contribution in [-0.2, 0) is 0 Å². The predicted molar refractivity (Wildman–Crippen MR) is 115 cm³/mol. The quantitative estimate of drug-likeness (QED) is 0.479. The Bertz CT molecular complexity index is 1060. The van der Waals surface area contributed by atoms with Crippen molar-refractivity contribution in [3.63, 3.8) is 0 Å². The van der Waals surface area contributed by atoms with Gasteiger partial charge in [0.1, 0.15) is 6.29 Å². The number of hydrogen-bond acceptors (Lipinski definition) is 6. The molecule has 0 saturated heterocycles. The molecule has 0 radical (unpaired) electrons. The maximum absolute atomic E-state index is 10.2. The molecule has 0 fully saturated rings. The van der Waals surface area contributed by atoms with Crippen LogP contribution >= 0.6 is 0 Å². The Morgan fingerprint density at radius 3 is 2.45 bits per heavy atom. The molecule has 0 aliphatic heterocycles. The van der Waals surface area contributed by atoms with Crippen molar-refractivity contribution in [2.75, 3.05) is 12.4 Å². The van der Waals surface area contributed by atoms with Crippen LogP contribution in [0.25, 0.3) is 22.7 Å². The molecule has 29 heavy (non-hydrogen) atoms. The zero-order valence-corrected chi connectivity index (χ0v) is 16.6. The normalized spacial score (nSPS) is 9.31. The van der Waals surface area contributed by atoms with Crippen molar-refractivity contribution in [2.45, 2.75) is 13.8 Å². The number of nitriles is 1. The van der Waals surface area contributed by atoms with E-state index in [0.29, 0.717) is 28.2 Å². The van der Waals surface area contributed by atoms with E-state index >= 15 is 0 Å². The predicted octanol–water partition coefficient (Wildman–Crippen LogP) is 5.33. The van der Waals surface area contributed by atoms with Crippen LogP contribution in [0.5, 0.6) is 0 Å². The first-order valence-corrected chi connectivity index (χ1v) is 9.18. The van der Waals surface area contributed by atoms with E-state index in [1.54, 1.807) is 30.5 Å². The minimum absolute atomic E-state index is 0.518. The third-order valence-corrected chi connectivity index (χ3v) is 3.74. The highest BCUT2D eigenvalue weighted by Gasteiger charge is 2.07. The van der Waals surface area contributed by atoms with Gasteiger partial charge in [0, 0.05) is 30.1 Å². The molecule has 6 nitrogen and oxygen atoms in total. The van der Waals surface area contributed by atoms with Crippen LogP contribution in [0, 0.1) is 11.3 Å². The molecular weight excluding hydrogens is 364 g/mol. The van der Waals surface area contributed by atoms with Crippen molar-refractivity contribution in [3.8, 4) is 17.5 Å². The van der Waals surface area contributed by atoms with Crippen LogP contribution in [0.2, 0.25) is 0 Å². The monoisotopic (exact) mass is 386 g/mol. The van der Waals surface area contributed by atoms with Crippen LogP contribution in [0.15, 0.2) is 71.3 Å². The van der Waals surface area contributed by atoms with Gasteiger partial charge in [-0.15, -0.1) is 0 Å². The van der Waals surface area contributed by atoms with Crippen LogP contribution in [0.4, 0.5) is 5.69 Å². The molecule has 146 valence electrons. The fourth-order valence-corrected chi connectivity index (χ4v) is 2.35. The molecule has 4 rings (SSSR count). The van der Waals surface area contributed by atoms with Gasteiger partial charge < -0.3 is 9.73 Å². The van der Waals surface area contributed by atoms with Gasteiger partial charge in [0.2, 0.25) is 5.89 Å². The summed E-state index contributed by atoms with van der Waals surface area (Å²) in [4.78, 5) is 18.6. The number of pyridine rings is 1. The number of anilines is 1. The number of rotatable bonds is 3. The van der Waals surface area contributed by atoms with Crippen molar-refractivity contribution >= 4 is 23.2 Å². The Balaban J connectivity index is 0.000000215. The highest BCUT2D eigenvalue weighted by Crippen LogP contribution is 2.23. The Morgan fingerprint density at radius 2 is 1.83 bits per heavy atom. The number of carbonyl (C=O) groups excluding carboxylic acids is 1. The van der Waals surface area contributed by atoms with E-state index in [1.165, 1.54) is 0 Å². The molecule has 0 atom stereocenters. The maximum Gasteiger partial charge on any atom is 0.228 e. The first kappa shape index (κ1) is 21.3. The lowest BCUT2D eigenvalue weighted by atomic mass is 10.2. The SMILES string of the molecule is CC.CNc1ccc(-c2nc3ncccc3o2)cc1.N#Cc1cccc(C=O)c1. The van der Waals surface area contributed by atoms with Gasteiger partial charge in [0.15, 0.2) is 11.2 Å². The van der Waals surface area contributed by atoms with E-state index in [1.807, 2.05) is 63.4 Å². The number of benzene rings is 2. The van der Waals surface area contributed by atoms with Crippen molar-refractivity contribution < 1.29 is 9.21 Å². The van der Waals surface area contributed by atoms with Crippen molar-refractivity contribution in [1.82, 2.24) is 9.97 Å². The highest BCUT2D eigenvalue weighted by molar-refractivity contribution is 5.75. The summed E-state index contributed by atoms with van der Waals surface area (Å²) in [6, 6.07) is 20.1. The molecule has 0 amide bonds. The van der Waals surface area contributed by atoms with Crippen LogP contribution in [0.3, 0.4) is 0 Å². The summed E-state index contributed by atoms with van der Waals surface area (Å²) in [5.74, 6) is 0.598. The van der Waals surface area contributed by atoms with Gasteiger partial charge in [0.25, 0.3) is 0 Å². The van der Waals surface area contributed by atoms with E-state index < -0.39 is 0 Å². The summed E-state index contributed by atoms with van der Waals surface area (Å²) in [6.45, 7) is 4.00. The first-order chi connectivity index (χ1) is 14.2. The summed E-state index contributed by atoms with van der Waals surface area (Å²) >= 11 is 0. The number of nitrogens with one attached hydrogen (secondary N) is 1. The van der Waals surface area contributed by atoms with Crippen LogP contribution < -0.4 is 5.32 Å². The molecule has 0 saturated carbocycles. The van der Waals surface area contributed by atoms with E-state index in [9.17, 15) is 4.79 Å². The molecule has 0 aliphatic rings. The maximum atomic E-state index is 10.2. The van der Waals surface area contributed by atoms with Gasteiger partial charge in [-0.25, -0.2) is 4.98 Å². The summed E-state index contributed by atoms with van der Waals surface area (Å²) in [6.07, 6.45) is 2.43. The molecule has 0 spiro atoms. The largest absolute Gasteiger partial charge is 0.434 e. The average molecular weight is 386 g/mol. The second-order valence-corrected chi connectivity index (χ2v) is 5.53. The Labute approximate surface area is 169 Å². The van der Waals surface area contributed by atoms with Gasteiger partial charge in [-0.05, 0) is 48.5 Å². The molecule has 2 aromatic carbocycles. The highest BCUT2D eigenvalue weighted by atomic mass is 16.3. The van der Waals surface area contributed by atoms with E-state index in [0.717, 1.165) is 17.5 Å². The third kappa shape index (κ3) is 5.75. The molecule has 2 heterocycles. The number of aromatic nitrogens is 2. The zero-order chi connectivity index (χ0) is 21.1. The molecule has 0 unspecified atom stereocenters. The van der Waals surface area contributed by atoms with E-state index in [2.05, 4.69) is 15.3 Å². The smallest absolute Gasteiger partial charge is 0.228 e. The molecule has 2 aromatic heterocycles. The summed E-state index contributed by atoms with van der Waals surface area (Å²) < 4.78 is 5.63. The second-order valence-electron chi connectivity index (χ2n) is 5.53. The topological polar surface area (TPSA) is 91.8 Å². The number of hydrogen-bond donors (Lipinski definition) is 1. The van der Waals surface area contributed by atoms with Crippen molar-refractivity contribution in [3.05, 3.63) is 78.0 Å². The molecule has 0 bridgehead atoms. The Hall–Kier alpha value is -3.98. The number of oxazole rings is 1. The second kappa shape index (κ2) is 11.0. The summed E-state index contributed by atoms with van der Waals surface area (Å²) in [5.41, 5.74) is 4.41. The minimum Gasteiger partial charge on any atom is -0.434 e. The van der Waals surface area contributed by atoms with Crippen LogP contribution in [-0.4, -0.2) is 23.3 Å². The van der Waals surface area contributed by atoms with Gasteiger partial charge in [-0.3, -0.25) is 4.79 Å². The van der Waals surface area contributed by atoms with Crippen LogP contribution in [0.1, 0.15) is 29.8 Å². The van der Waals surface area contributed by atoms with E-state index in [-0.39, 0.29) is 0 Å². The molecule has 1 N–H and O–H groups in total. The van der Waals surface area contributed by atoms with Gasteiger partial charge >= 0.3 is 0 Å². The Kier molecular flexibility index (Phi) is 8.09. The van der Waals surface area contributed by atoms with Crippen molar-refractivity contribution in [1.29, 1.82) is 5.26 Å². The molecule has 4 aromatic rings. The lowest BCUT2D eigenvalue weighted by Gasteiger charge is -1.99. The number of nitrogens with zero attached hydrogens (tertiary/aromatic N) is 3. The summed E-state index contributed by atoms with van der Waals surface area (Å²) in [5, 5.41) is 11.5. The molecule has 0 aliphatic carbocycles. The van der Waals surface area contributed by atoms with Gasteiger partial charge in [0.05, 0.1) is 11.6 Å². The number of carbonyl (C=O) groups is 1. The standard InChI is InChI=1S/C13H11N3O.C8H5NO.C2H6/c1-14-10-6-4-9(5-7-10)13-16-12-11(17-13)3-2-8-15-12;9-5-7-2-1-3-8(4-7)6-10;1-2/h2-8,14H,1H3;1-4,6H;1-2H3. The fourth-order valence-electron chi connectivity index (χ4n) is 2.35. The zero-order valence-electron chi connectivity index (χ0n) is 16.6. The first-order valence-electron chi connectivity index (χ1n) is 9.18. The van der Waals surface area contributed by atoms with Crippen molar-refractivity contribution in [2.24, 2.45) is 0 Å². The van der Waals surface area contributed by atoms with E-state index in [4.69, 9.17) is 9.68 Å². The van der Waals surface area contributed by atoms with Gasteiger partial charge in [-0.1, -0.05) is 26.0 Å². The average Bonchev–Trinajstić information content (AvgIpc) is 3.25. The lowest BCUT2D eigenvalue weighted by Crippen LogP contribution is -1.86. The number of fused-ring (bicyclic) bond motifs is 1. The molecular formula is C23H22N4O2. The van der Waals surface area contributed by atoms with Gasteiger partial charge in [-0.2, -0.15) is 10.2 Å². The Morgan fingerprint density at radius 1 is 1.07 bits per heavy atom. The molecule has 6 heteroatoms. The third-order valence-electron chi connectivity index (χ3n) is 3.74. The lowest BCUT2D eigenvalue weighted by molar-refractivity contribution is 0.112.